The van der Waals surface area contributed by atoms with E-state index in [-0.39, 0.29) is 16.8 Å². The van der Waals surface area contributed by atoms with Gasteiger partial charge in [0.2, 0.25) is 10.0 Å². The number of likely N-dealkylation sites (tertiary alicyclic amines) is 1. The first-order chi connectivity index (χ1) is 14.9. The van der Waals surface area contributed by atoms with Gasteiger partial charge in [-0.15, -0.1) is 0 Å². The Labute approximate surface area is 183 Å². The first kappa shape index (κ1) is 21.8. The minimum absolute atomic E-state index is 0.0689. The Bertz CT molecular complexity index is 1040. The highest BCUT2D eigenvalue weighted by atomic mass is 32.2. The summed E-state index contributed by atoms with van der Waals surface area (Å²) in [6, 6.07) is 6.91. The molecule has 1 amide bonds. The summed E-state index contributed by atoms with van der Waals surface area (Å²) in [5.74, 6) is 0.240. The van der Waals surface area contributed by atoms with E-state index in [1.807, 2.05) is 4.90 Å². The van der Waals surface area contributed by atoms with Gasteiger partial charge < -0.3 is 9.64 Å². The number of aromatic amines is 1. The SMILES string of the molecule is COc1ccc(-c2cc(C(=O)N3CCCCC3C)[nH]n2)cc1S(=O)(=O)N1CCCCC1. The number of nitrogens with zero attached hydrogens (tertiary/aromatic N) is 3. The van der Waals surface area contributed by atoms with Crippen LogP contribution in [0, 0.1) is 0 Å². The Morgan fingerprint density at radius 3 is 2.55 bits per heavy atom. The van der Waals surface area contributed by atoms with E-state index in [4.69, 9.17) is 4.74 Å². The molecule has 0 aliphatic carbocycles. The van der Waals surface area contributed by atoms with E-state index in [0.29, 0.717) is 35.8 Å². The lowest BCUT2D eigenvalue weighted by molar-refractivity contribution is 0.0629. The predicted octanol–water partition coefficient (Wildman–Crippen LogP) is 3.27. The molecule has 0 saturated carbocycles. The van der Waals surface area contributed by atoms with Gasteiger partial charge in [0, 0.05) is 31.2 Å². The van der Waals surface area contributed by atoms with Crippen LogP contribution in [0.1, 0.15) is 55.9 Å². The lowest BCUT2D eigenvalue weighted by Gasteiger charge is -2.32. The number of methoxy groups -OCH3 is 1. The van der Waals surface area contributed by atoms with Crippen molar-refractivity contribution in [3.05, 3.63) is 30.0 Å². The molecule has 1 aromatic heterocycles. The number of nitrogens with one attached hydrogen (secondary N) is 1. The van der Waals surface area contributed by atoms with Crippen molar-refractivity contribution in [2.45, 2.75) is 56.4 Å². The molecule has 0 bridgehead atoms. The zero-order valence-electron chi connectivity index (χ0n) is 18.1. The van der Waals surface area contributed by atoms with Gasteiger partial charge >= 0.3 is 0 Å². The number of benzene rings is 1. The highest BCUT2D eigenvalue weighted by molar-refractivity contribution is 7.89. The van der Waals surface area contributed by atoms with Crippen molar-refractivity contribution >= 4 is 15.9 Å². The monoisotopic (exact) mass is 446 g/mol. The van der Waals surface area contributed by atoms with Gasteiger partial charge in [-0.1, -0.05) is 6.42 Å². The maximum atomic E-state index is 13.3. The average molecular weight is 447 g/mol. The first-order valence-electron chi connectivity index (χ1n) is 11.0. The van der Waals surface area contributed by atoms with Crippen LogP contribution >= 0.6 is 0 Å². The molecule has 1 unspecified atom stereocenters. The first-order valence-corrected chi connectivity index (χ1v) is 12.4. The quantitative estimate of drug-likeness (QED) is 0.760. The molecule has 2 saturated heterocycles. The Kier molecular flexibility index (Phi) is 6.34. The van der Waals surface area contributed by atoms with E-state index in [1.54, 1.807) is 24.3 Å². The van der Waals surface area contributed by atoms with Gasteiger partial charge in [0.1, 0.15) is 16.3 Å². The number of hydrogen-bond donors (Lipinski definition) is 1. The minimum atomic E-state index is -3.67. The van der Waals surface area contributed by atoms with Crippen molar-refractivity contribution in [3.63, 3.8) is 0 Å². The van der Waals surface area contributed by atoms with Crippen LogP contribution in [-0.2, 0) is 10.0 Å². The third kappa shape index (κ3) is 4.34. The lowest BCUT2D eigenvalue weighted by atomic mass is 10.0. The largest absolute Gasteiger partial charge is 0.495 e. The maximum absolute atomic E-state index is 13.3. The van der Waals surface area contributed by atoms with Gasteiger partial charge in [0.15, 0.2) is 0 Å². The average Bonchev–Trinajstić information content (AvgIpc) is 3.29. The molecule has 2 fully saturated rings. The number of hydrogen-bond acceptors (Lipinski definition) is 5. The van der Waals surface area contributed by atoms with E-state index >= 15 is 0 Å². The molecule has 1 aromatic carbocycles. The van der Waals surface area contributed by atoms with Gasteiger partial charge in [0.05, 0.1) is 12.8 Å². The molecule has 0 radical (unpaired) electrons. The van der Waals surface area contributed by atoms with Crippen LogP contribution in [0.25, 0.3) is 11.3 Å². The zero-order valence-corrected chi connectivity index (χ0v) is 19.0. The van der Waals surface area contributed by atoms with Crippen LogP contribution in [0.4, 0.5) is 0 Å². The van der Waals surface area contributed by atoms with Crippen molar-refractivity contribution < 1.29 is 17.9 Å². The van der Waals surface area contributed by atoms with Gasteiger partial charge in [-0.2, -0.15) is 9.40 Å². The number of rotatable bonds is 5. The fourth-order valence-corrected chi connectivity index (χ4v) is 6.11. The fraction of sp³-hybridized carbons (Fsp3) is 0.545. The molecular formula is C22H30N4O4S. The van der Waals surface area contributed by atoms with Crippen molar-refractivity contribution in [3.8, 4) is 17.0 Å². The topological polar surface area (TPSA) is 95.6 Å². The molecule has 3 heterocycles. The predicted molar refractivity (Wildman–Crippen MR) is 118 cm³/mol. The molecule has 2 aliphatic rings. The van der Waals surface area contributed by atoms with Gasteiger partial charge in [-0.05, 0) is 63.3 Å². The summed E-state index contributed by atoms with van der Waals surface area (Å²) >= 11 is 0. The number of aromatic nitrogens is 2. The van der Waals surface area contributed by atoms with Crippen LogP contribution in [0.5, 0.6) is 5.75 Å². The molecule has 2 aromatic rings. The number of ether oxygens (including phenoxy) is 1. The van der Waals surface area contributed by atoms with Gasteiger partial charge in [-0.3, -0.25) is 9.89 Å². The highest BCUT2D eigenvalue weighted by Crippen LogP contribution is 2.33. The Morgan fingerprint density at radius 2 is 1.84 bits per heavy atom. The molecule has 2 aliphatic heterocycles. The number of piperidine rings is 2. The summed E-state index contributed by atoms with van der Waals surface area (Å²) in [6.45, 7) is 3.85. The Morgan fingerprint density at radius 1 is 1.10 bits per heavy atom. The van der Waals surface area contributed by atoms with E-state index in [9.17, 15) is 13.2 Å². The molecule has 8 nitrogen and oxygen atoms in total. The van der Waals surface area contributed by atoms with Crippen LogP contribution in [0.15, 0.2) is 29.2 Å². The number of carbonyl (C=O) groups excluding carboxylic acids is 1. The third-order valence-corrected chi connectivity index (χ3v) is 8.18. The summed E-state index contributed by atoms with van der Waals surface area (Å²) in [4.78, 5) is 14.9. The summed E-state index contributed by atoms with van der Waals surface area (Å²) in [5, 5.41) is 7.14. The second-order valence-corrected chi connectivity index (χ2v) is 10.2. The van der Waals surface area contributed by atoms with Crippen molar-refractivity contribution in [1.29, 1.82) is 0 Å². The summed E-state index contributed by atoms with van der Waals surface area (Å²) in [7, 11) is -2.21. The maximum Gasteiger partial charge on any atom is 0.272 e. The van der Waals surface area contributed by atoms with E-state index in [1.165, 1.54) is 11.4 Å². The smallest absolute Gasteiger partial charge is 0.272 e. The fourth-order valence-electron chi connectivity index (χ4n) is 4.42. The number of carbonyl (C=O) groups is 1. The molecule has 0 spiro atoms. The molecule has 9 heteroatoms. The van der Waals surface area contributed by atoms with Crippen LogP contribution in [-0.4, -0.2) is 66.5 Å². The van der Waals surface area contributed by atoms with Crippen molar-refractivity contribution in [2.75, 3.05) is 26.7 Å². The van der Waals surface area contributed by atoms with Gasteiger partial charge in [-0.25, -0.2) is 8.42 Å². The molecule has 4 rings (SSSR count). The van der Waals surface area contributed by atoms with Crippen molar-refractivity contribution in [1.82, 2.24) is 19.4 Å². The van der Waals surface area contributed by atoms with Gasteiger partial charge in [0.25, 0.3) is 5.91 Å². The second-order valence-electron chi connectivity index (χ2n) is 8.34. The summed E-state index contributed by atoms with van der Waals surface area (Å²) in [5.41, 5.74) is 1.57. The van der Waals surface area contributed by atoms with E-state index in [2.05, 4.69) is 17.1 Å². The standard InChI is InChI=1S/C22H30N4O4S/c1-16-8-4-7-13-26(16)22(27)19-15-18(23-24-19)17-9-10-20(30-2)21(14-17)31(28,29)25-11-5-3-6-12-25/h9-10,14-16H,3-8,11-13H2,1-2H3,(H,23,24). The zero-order chi connectivity index (χ0) is 22.0. The Balaban J connectivity index is 1.64. The summed E-state index contributed by atoms with van der Waals surface area (Å²) < 4.78 is 33.4. The van der Waals surface area contributed by atoms with Crippen molar-refractivity contribution in [2.24, 2.45) is 0 Å². The van der Waals surface area contributed by atoms with Crippen LogP contribution in [0.3, 0.4) is 0 Å². The third-order valence-electron chi connectivity index (χ3n) is 6.26. The van der Waals surface area contributed by atoms with Crippen LogP contribution < -0.4 is 4.74 Å². The molecule has 1 N–H and O–H groups in total. The number of amides is 1. The van der Waals surface area contributed by atoms with E-state index in [0.717, 1.165) is 45.1 Å². The minimum Gasteiger partial charge on any atom is -0.495 e. The molecule has 1 atom stereocenters. The molecule has 168 valence electrons. The normalized spacial score (nSPS) is 20.6. The Hall–Kier alpha value is -2.39. The number of sulfonamides is 1. The number of H-pyrrole nitrogens is 1. The van der Waals surface area contributed by atoms with E-state index < -0.39 is 10.0 Å². The lowest BCUT2D eigenvalue weighted by Crippen LogP contribution is -2.42. The molecular weight excluding hydrogens is 416 g/mol. The van der Waals surface area contributed by atoms with Crippen LogP contribution in [0.2, 0.25) is 0 Å². The second kappa shape index (κ2) is 9.00. The summed E-state index contributed by atoms with van der Waals surface area (Å²) in [6.07, 6.45) is 5.92. The molecule has 31 heavy (non-hydrogen) atoms. The highest BCUT2D eigenvalue weighted by Gasteiger charge is 2.30.